The van der Waals surface area contributed by atoms with Gasteiger partial charge < -0.3 is 14.9 Å². The first-order valence-electron chi connectivity index (χ1n) is 5.22. The summed E-state index contributed by atoms with van der Waals surface area (Å²) in [4.78, 5) is 11.7. The van der Waals surface area contributed by atoms with Gasteiger partial charge in [-0.25, -0.2) is 4.79 Å². The summed E-state index contributed by atoms with van der Waals surface area (Å²) in [6, 6.07) is 3.40. The normalized spacial score (nSPS) is 23.8. The summed E-state index contributed by atoms with van der Waals surface area (Å²) in [7, 11) is 0. The second kappa shape index (κ2) is 3.79. The van der Waals surface area contributed by atoms with E-state index in [1.165, 1.54) is 0 Å². The maximum atomic E-state index is 11.7. The van der Waals surface area contributed by atoms with Crippen LogP contribution in [-0.2, 0) is 11.3 Å². The molecule has 4 nitrogen and oxygen atoms in total. The number of aromatic hydroxyl groups is 1. The van der Waals surface area contributed by atoms with Crippen LogP contribution >= 0.6 is 0 Å². The van der Waals surface area contributed by atoms with Crippen molar-refractivity contribution < 1.29 is 19.7 Å². The first-order chi connectivity index (χ1) is 7.56. The summed E-state index contributed by atoms with van der Waals surface area (Å²) >= 11 is 0. The van der Waals surface area contributed by atoms with Gasteiger partial charge in [0.25, 0.3) is 0 Å². The van der Waals surface area contributed by atoms with E-state index in [1.54, 1.807) is 12.1 Å². The third-order valence-corrected chi connectivity index (χ3v) is 3.16. The summed E-state index contributed by atoms with van der Waals surface area (Å²) in [6.45, 7) is 3.47. The molecule has 0 aromatic heterocycles. The van der Waals surface area contributed by atoms with Crippen LogP contribution in [0.5, 0.6) is 5.75 Å². The van der Waals surface area contributed by atoms with Crippen LogP contribution in [0.15, 0.2) is 12.1 Å². The smallest absolute Gasteiger partial charge is 0.342 e. The Labute approximate surface area is 93.5 Å². The number of carbonyl (C=O) groups excluding carboxylic acids is 1. The molecular formula is C12H14O4. The van der Waals surface area contributed by atoms with Crippen LogP contribution in [0.25, 0.3) is 0 Å². The van der Waals surface area contributed by atoms with Crippen LogP contribution in [0.1, 0.15) is 41.3 Å². The average Bonchev–Trinajstić information content (AvgIpc) is 2.25. The summed E-state index contributed by atoms with van der Waals surface area (Å²) < 4.78 is 5.12. The zero-order chi connectivity index (χ0) is 11.9. The summed E-state index contributed by atoms with van der Waals surface area (Å²) in [5.41, 5.74) is 1.31. The molecule has 0 radical (unpaired) electrons. The minimum Gasteiger partial charge on any atom is -0.507 e. The number of carbonyl (C=O) groups is 1. The number of esters is 1. The van der Waals surface area contributed by atoms with Crippen LogP contribution in [0, 0.1) is 0 Å². The maximum absolute atomic E-state index is 11.7. The quantitative estimate of drug-likeness (QED) is 0.707. The van der Waals surface area contributed by atoms with Gasteiger partial charge in [-0.05, 0) is 12.5 Å². The van der Waals surface area contributed by atoms with Crippen LogP contribution in [0.2, 0.25) is 0 Å². The van der Waals surface area contributed by atoms with Gasteiger partial charge in [0.1, 0.15) is 17.4 Å². The molecule has 1 heterocycles. The van der Waals surface area contributed by atoms with E-state index < -0.39 is 5.97 Å². The van der Waals surface area contributed by atoms with Crippen molar-refractivity contribution in [2.24, 2.45) is 0 Å². The highest BCUT2D eigenvalue weighted by atomic mass is 16.5. The lowest BCUT2D eigenvalue weighted by Crippen LogP contribution is -2.28. The number of aliphatic hydroxyl groups excluding tert-OH is 1. The number of hydrogen-bond donors (Lipinski definition) is 2. The predicted molar refractivity (Wildman–Crippen MR) is 57.3 cm³/mol. The Morgan fingerprint density at radius 2 is 2.06 bits per heavy atom. The van der Waals surface area contributed by atoms with Crippen molar-refractivity contribution in [1.82, 2.24) is 0 Å². The van der Waals surface area contributed by atoms with Gasteiger partial charge in [0.15, 0.2) is 0 Å². The van der Waals surface area contributed by atoms with Crippen LogP contribution in [-0.4, -0.2) is 22.3 Å². The molecule has 2 atom stereocenters. The Bertz CT molecular complexity index is 439. The molecule has 0 aliphatic carbocycles. The Hall–Kier alpha value is -1.55. The Balaban J connectivity index is 2.62. The molecule has 0 unspecified atom stereocenters. The van der Waals surface area contributed by atoms with E-state index in [4.69, 9.17) is 9.84 Å². The molecule has 2 rings (SSSR count). The standard InChI is InChI=1S/C12H14O4/c1-6-7(2)16-12(15)10-9(6)4-3-8(5-13)11(10)14/h3-4,6-7,13-14H,5H2,1-2H3/t6-,7-/m1/s1. The summed E-state index contributed by atoms with van der Waals surface area (Å²) in [5.74, 6) is -0.636. The minimum absolute atomic E-state index is 0.0475. The van der Waals surface area contributed by atoms with E-state index in [0.717, 1.165) is 5.56 Å². The third kappa shape index (κ3) is 1.46. The van der Waals surface area contributed by atoms with Gasteiger partial charge in [-0.2, -0.15) is 0 Å². The van der Waals surface area contributed by atoms with Crippen molar-refractivity contribution in [3.8, 4) is 5.75 Å². The Kier molecular flexibility index (Phi) is 2.59. The van der Waals surface area contributed by atoms with Crippen LogP contribution in [0.3, 0.4) is 0 Å². The van der Waals surface area contributed by atoms with E-state index in [9.17, 15) is 9.90 Å². The van der Waals surface area contributed by atoms with Crippen molar-refractivity contribution in [3.05, 3.63) is 28.8 Å². The van der Waals surface area contributed by atoms with E-state index in [1.807, 2.05) is 13.8 Å². The second-order valence-electron chi connectivity index (χ2n) is 4.09. The molecule has 4 heteroatoms. The lowest BCUT2D eigenvalue weighted by atomic mass is 9.87. The number of fused-ring (bicyclic) bond motifs is 1. The molecular weight excluding hydrogens is 208 g/mol. The largest absolute Gasteiger partial charge is 0.507 e. The van der Waals surface area contributed by atoms with Gasteiger partial charge in [-0.15, -0.1) is 0 Å². The SMILES string of the molecule is C[C@H]1OC(=O)c2c(ccc(CO)c2O)[C@@H]1C. The monoisotopic (exact) mass is 222 g/mol. The first-order valence-corrected chi connectivity index (χ1v) is 5.22. The number of benzene rings is 1. The van der Waals surface area contributed by atoms with Crippen molar-refractivity contribution >= 4 is 5.97 Å². The van der Waals surface area contributed by atoms with Crippen molar-refractivity contribution in [2.75, 3.05) is 0 Å². The number of hydrogen-bond acceptors (Lipinski definition) is 4. The van der Waals surface area contributed by atoms with Gasteiger partial charge in [-0.3, -0.25) is 0 Å². The first kappa shape index (κ1) is 11.0. The van der Waals surface area contributed by atoms with Gasteiger partial charge in [0.2, 0.25) is 0 Å². The number of ether oxygens (including phenoxy) is 1. The fourth-order valence-corrected chi connectivity index (χ4v) is 1.95. The predicted octanol–water partition coefficient (Wildman–Crippen LogP) is 1.55. The molecule has 1 aromatic carbocycles. The molecule has 2 N–H and O–H groups in total. The van der Waals surface area contributed by atoms with Gasteiger partial charge >= 0.3 is 5.97 Å². The van der Waals surface area contributed by atoms with Gasteiger partial charge in [-0.1, -0.05) is 19.1 Å². The second-order valence-corrected chi connectivity index (χ2v) is 4.09. The van der Waals surface area contributed by atoms with E-state index in [-0.39, 0.29) is 29.9 Å². The van der Waals surface area contributed by atoms with Gasteiger partial charge in [0, 0.05) is 11.5 Å². The Morgan fingerprint density at radius 3 is 2.69 bits per heavy atom. The van der Waals surface area contributed by atoms with E-state index >= 15 is 0 Å². The highest BCUT2D eigenvalue weighted by Gasteiger charge is 2.32. The number of cyclic esters (lactones) is 1. The molecule has 0 saturated carbocycles. The Morgan fingerprint density at radius 1 is 1.38 bits per heavy atom. The highest BCUT2D eigenvalue weighted by Crippen LogP contribution is 2.37. The lowest BCUT2D eigenvalue weighted by molar-refractivity contribution is 0.0236. The van der Waals surface area contributed by atoms with Crippen LogP contribution in [0.4, 0.5) is 0 Å². The van der Waals surface area contributed by atoms with E-state index in [0.29, 0.717) is 5.56 Å². The fourth-order valence-electron chi connectivity index (χ4n) is 1.95. The highest BCUT2D eigenvalue weighted by molar-refractivity contribution is 5.96. The molecule has 0 bridgehead atoms. The van der Waals surface area contributed by atoms with Crippen molar-refractivity contribution in [3.63, 3.8) is 0 Å². The molecule has 1 aromatic rings. The number of aliphatic hydroxyl groups is 1. The van der Waals surface area contributed by atoms with Crippen molar-refractivity contribution in [2.45, 2.75) is 32.5 Å². The summed E-state index contributed by atoms with van der Waals surface area (Å²) in [6.07, 6.45) is -0.195. The zero-order valence-electron chi connectivity index (χ0n) is 9.23. The molecule has 86 valence electrons. The maximum Gasteiger partial charge on any atom is 0.342 e. The molecule has 0 amide bonds. The van der Waals surface area contributed by atoms with Gasteiger partial charge in [0.05, 0.1) is 6.61 Å². The molecule has 1 aliphatic rings. The summed E-state index contributed by atoms with van der Waals surface area (Å²) in [5, 5.41) is 18.9. The zero-order valence-corrected chi connectivity index (χ0v) is 9.23. The molecule has 0 spiro atoms. The molecule has 0 fully saturated rings. The molecule has 0 saturated heterocycles. The fraction of sp³-hybridized carbons (Fsp3) is 0.417. The van der Waals surface area contributed by atoms with E-state index in [2.05, 4.69) is 0 Å². The van der Waals surface area contributed by atoms with Crippen LogP contribution < -0.4 is 0 Å². The number of rotatable bonds is 1. The third-order valence-electron chi connectivity index (χ3n) is 3.16. The van der Waals surface area contributed by atoms with Crippen molar-refractivity contribution in [1.29, 1.82) is 0 Å². The number of phenols is 1. The molecule has 1 aliphatic heterocycles. The average molecular weight is 222 g/mol. The molecule has 16 heavy (non-hydrogen) atoms. The minimum atomic E-state index is -0.520. The topological polar surface area (TPSA) is 66.8 Å². The lowest BCUT2D eigenvalue weighted by Gasteiger charge is -2.29.